The zero-order valence-corrected chi connectivity index (χ0v) is 15.2. The quantitative estimate of drug-likeness (QED) is 0.786. The minimum absolute atomic E-state index is 0.0900. The van der Waals surface area contributed by atoms with Crippen LogP contribution in [0.4, 0.5) is 0 Å². The molecule has 0 bridgehead atoms. The van der Waals surface area contributed by atoms with Crippen molar-refractivity contribution in [2.75, 3.05) is 21.3 Å². The molecule has 0 aliphatic carbocycles. The Morgan fingerprint density at radius 1 is 0.885 bits per heavy atom. The van der Waals surface area contributed by atoms with Crippen LogP contribution in [0.3, 0.4) is 0 Å². The van der Waals surface area contributed by atoms with Crippen molar-refractivity contribution in [3.8, 4) is 22.9 Å². The fraction of sp³-hybridized carbons (Fsp3) is 0.238. The van der Waals surface area contributed by atoms with E-state index in [0.717, 1.165) is 17.9 Å². The van der Waals surface area contributed by atoms with Gasteiger partial charge in [0.05, 0.1) is 38.3 Å². The van der Waals surface area contributed by atoms with Crippen LogP contribution in [0.15, 0.2) is 54.7 Å². The second-order valence-electron chi connectivity index (χ2n) is 6.30. The van der Waals surface area contributed by atoms with Gasteiger partial charge < -0.3 is 24.1 Å². The average molecular weight is 351 g/mol. The minimum Gasteiger partial charge on any atom is -0.496 e. The molecule has 26 heavy (non-hydrogen) atoms. The number of rotatable bonds is 4. The summed E-state index contributed by atoms with van der Waals surface area (Å²) in [6.45, 7) is 0.889. The number of benzene rings is 2. The maximum atomic E-state index is 5.69. The van der Waals surface area contributed by atoms with E-state index >= 15 is 0 Å². The molecule has 2 heterocycles. The number of quaternary nitrogens is 1. The highest BCUT2D eigenvalue weighted by molar-refractivity contribution is 5.54. The van der Waals surface area contributed by atoms with Crippen LogP contribution in [-0.4, -0.2) is 25.9 Å². The topological polar surface area (TPSA) is 49.2 Å². The van der Waals surface area contributed by atoms with Crippen molar-refractivity contribution in [1.82, 2.24) is 4.57 Å². The van der Waals surface area contributed by atoms with E-state index in [-0.39, 0.29) is 6.04 Å². The molecular weight excluding hydrogens is 328 g/mol. The Balaban J connectivity index is 1.88. The van der Waals surface area contributed by atoms with Crippen molar-refractivity contribution < 1.29 is 19.5 Å². The Kier molecular flexibility index (Phi) is 4.31. The molecule has 1 unspecified atom stereocenters. The Labute approximate surface area is 153 Å². The molecule has 2 N–H and O–H groups in total. The Hall–Kier alpha value is -2.92. The smallest absolute Gasteiger partial charge is 0.164 e. The van der Waals surface area contributed by atoms with E-state index < -0.39 is 0 Å². The number of hydrogen-bond acceptors (Lipinski definition) is 3. The summed E-state index contributed by atoms with van der Waals surface area (Å²) in [5.74, 6) is 2.17. The lowest BCUT2D eigenvalue weighted by Gasteiger charge is -2.20. The van der Waals surface area contributed by atoms with Gasteiger partial charge in [0.2, 0.25) is 0 Å². The van der Waals surface area contributed by atoms with Crippen LogP contribution in [0, 0.1) is 0 Å². The van der Waals surface area contributed by atoms with Crippen LogP contribution >= 0.6 is 0 Å². The number of hydrogen-bond donors (Lipinski definition) is 1. The summed E-state index contributed by atoms with van der Waals surface area (Å²) in [4.78, 5) is 0. The van der Waals surface area contributed by atoms with Crippen molar-refractivity contribution in [2.24, 2.45) is 0 Å². The molecule has 1 aliphatic heterocycles. The van der Waals surface area contributed by atoms with Gasteiger partial charge in [-0.1, -0.05) is 18.2 Å². The number of ether oxygens (including phenoxy) is 3. The number of nitrogens with two attached hydrogens (primary N) is 1. The predicted molar refractivity (Wildman–Crippen MR) is 99.3 cm³/mol. The highest BCUT2D eigenvalue weighted by Crippen LogP contribution is 2.39. The van der Waals surface area contributed by atoms with E-state index in [1.54, 1.807) is 21.3 Å². The summed E-state index contributed by atoms with van der Waals surface area (Å²) in [7, 11) is 4.98. The maximum absolute atomic E-state index is 5.69. The largest absolute Gasteiger partial charge is 0.496 e. The average Bonchev–Trinajstić information content (AvgIpc) is 3.11. The van der Waals surface area contributed by atoms with Crippen LogP contribution in [0.1, 0.15) is 22.9 Å². The third-order valence-corrected chi connectivity index (χ3v) is 4.99. The fourth-order valence-electron chi connectivity index (χ4n) is 3.73. The number of methoxy groups -OCH3 is 3. The van der Waals surface area contributed by atoms with E-state index in [9.17, 15) is 0 Å². The van der Waals surface area contributed by atoms with Gasteiger partial charge in [-0.25, -0.2) is 0 Å². The third kappa shape index (κ3) is 2.61. The van der Waals surface area contributed by atoms with Gasteiger partial charge >= 0.3 is 0 Å². The summed E-state index contributed by atoms with van der Waals surface area (Å²) in [5.41, 5.74) is 4.82. The van der Waals surface area contributed by atoms with Crippen molar-refractivity contribution in [3.05, 3.63) is 71.5 Å². The molecule has 5 heteroatoms. The van der Waals surface area contributed by atoms with Crippen LogP contribution in [0.2, 0.25) is 0 Å². The Morgan fingerprint density at radius 3 is 2.38 bits per heavy atom. The van der Waals surface area contributed by atoms with Gasteiger partial charge in [-0.05, 0) is 24.3 Å². The zero-order valence-electron chi connectivity index (χ0n) is 15.2. The van der Waals surface area contributed by atoms with Gasteiger partial charge in [-0.2, -0.15) is 0 Å². The number of aromatic nitrogens is 1. The number of para-hydroxylation sites is 1. The predicted octanol–water partition coefficient (Wildman–Crippen LogP) is 2.67. The molecule has 0 spiro atoms. The first kappa shape index (κ1) is 16.5. The van der Waals surface area contributed by atoms with Crippen molar-refractivity contribution >= 4 is 0 Å². The monoisotopic (exact) mass is 351 g/mol. The lowest BCUT2D eigenvalue weighted by atomic mass is 10.0. The standard InChI is InChI=1S/C21H22N2O3/c1-24-18-12-20(26-3)19(25-2)11-15(18)21-17-9-6-10-23(17)16-8-5-4-7-14(16)13-22-21/h4-12,21-22H,13H2,1-3H3/p+1. The summed E-state index contributed by atoms with van der Waals surface area (Å²) >= 11 is 0. The maximum Gasteiger partial charge on any atom is 0.164 e. The molecule has 1 atom stereocenters. The van der Waals surface area contributed by atoms with E-state index in [1.807, 2.05) is 12.1 Å². The second kappa shape index (κ2) is 6.77. The van der Waals surface area contributed by atoms with Crippen molar-refractivity contribution in [1.29, 1.82) is 0 Å². The molecule has 5 nitrogen and oxygen atoms in total. The zero-order chi connectivity index (χ0) is 18.1. The summed E-state index contributed by atoms with van der Waals surface area (Å²) in [6, 6.07) is 16.8. The van der Waals surface area contributed by atoms with Crippen LogP contribution < -0.4 is 19.5 Å². The minimum atomic E-state index is 0.0900. The van der Waals surface area contributed by atoms with Gasteiger partial charge in [0.15, 0.2) is 17.5 Å². The molecule has 0 amide bonds. The molecule has 0 fully saturated rings. The van der Waals surface area contributed by atoms with E-state index in [2.05, 4.69) is 52.5 Å². The highest BCUT2D eigenvalue weighted by Gasteiger charge is 2.29. The summed E-state index contributed by atoms with van der Waals surface area (Å²) < 4.78 is 18.9. The van der Waals surface area contributed by atoms with Gasteiger partial charge in [0.1, 0.15) is 12.3 Å². The van der Waals surface area contributed by atoms with E-state index in [0.29, 0.717) is 11.5 Å². The third-order valence-electron chi connectivity index (χ3n) is 4.99. The van der Waals surface area contributed by atoms with Gasteiger partial charge in [0.25, 0.3) is 0 Å². The Morgan fingerprint density at radius 2 is 1.62 bits per heavy atom. The van der Waals surface area contributed by atoms with Crippen LogP contribution in [0.5, 0.6) is 17.2 Å². The molecule has 4 rings (SSSR count). The van der Waals surface area contributed by atoms with Crippen LogP contribution in [-0.2, 0) is 6.54 Å². The first-order valence-corrected chi connectivity index (χ1v) is 8.65. The van der Waals surface area contributed by atoms with Crippen molar-refractivity contribution in [2.45, 2.75) is 12.6 Å². The lowest BCUT2D eigenvalue weighted by Crippen LogP contribution is -2.83. The fourth-order valence-corrected chi connectivity index (χ4v) is 3.73. The van der Waals surface area contributed by atoms with E-state index in [1.165, 1.54) is 16.9 Å². The summed E-state index contributed by atoms with van der Waals surface area (Å²) in [5, 5.41) is 2.33. The lowest BCUT2D eigenvalue weighted by molar-refractivity contribution is -0.702. The number of nitrogens with zero attached hydrogens (tertiary/aromatic N) is 1. The van der Waals surface area contributed by atoms with Gasteiger partial charge in [-0.3, -0.25) is 0 Å². The SMILES string of the molecule is COc1cc(OC)c(C2[NH2+]Cc3ccccc3-n3cccc32)cc1OC. The van der Waals surface area contributed by atoms with Gasteiger partial charge in [0, 0.05) is 17.8 Å². The molecule has 0 saturated heterocycles. The van der Waals surface area contributed by atoms with E-state index in [4.69, 9.17) is 14.2 Å². The van der Waals surface area contributed by atoms with Gasteiger partial charge in [-0.15, -0.1) is 0 Å². The molecule has 1 aliphatic rings. The molecule has 0 saturated carbocycles. The normalized spacial score (nSPS) is 15.6. The van der Waals surface area contributed by atoms with Crippen LogP contribution in [0.25, 0.3) is 5.69 Å². The molecular formula is C21H23N2O3+. The Bertz CT molecular complexity index is 933. The highest BCUT2D eigenvalue weighted by atomic mass is 16.5. The first-order chi connectivity index (χ1) is 12.8. The molecule has 0 radical (unpaired) electrons. The molecule has 134 valence electrons. The molecule has 1 aromatic heterocycles. The van der Waals surface area contributed by atoms with Crippen molar-refractivity contribution in [3.63, 3.8) is 0 Å². The number of fused-ring (bicyclic) bond motifs is 3. The summed E-state index contributed by atoms with van der Waals surface area (Å²) in [6.07, 6.45) is 2.12. The first-order valence-electron chi connectivity index (χ1n) is 8.65. The molecule has 3 aromatic rings. The second-order valence-corrected chi connectivity index (χ2v) is 6.30. The molecule has 2 aromatic carbocycles.